The Balaban J connectivity index is 0.00000312. The van der Waals surface area contributed by atoms with Crippen molar-refractivity contribution in [3.8, 4) is 0 Å². The first-order valence-electron chi connectivity index (χ1n) is 7.76. The SMILES string of the molecule is CCOC(=O)c1c(NC(=O)c2csc(CCN)n2)sc(C)c1CC.Cl. The van der Waals surface area contributed by atoms with Crippen molar-refractivity contribution in [2.45, 2.75) is 33.6 Å². The lowest BCUT2D eigenvalue weighted by atomic mass is 10.1. The number of nitrogens with zero attached hydrogens (tertiary/aromatic N) is 1. The number of hydrogen-bond acceptors (Lipinski definition) is 7. The average Bonchev–Trinajstić information content (AvgIpc) is 3.12. The molecule has 3 N–H and O–H groups in total. The first kappa shape index (κ1) is 21.6. The fourth-order valence-electron chi connectivity index (χ4n) is 2.33. The largest absolute Gasteiger partial charge is 0.462 e. The van der Waals surface area contributed by atoms with E-state index in [4.69, 9.17) is 10.5 Å². The number of ether oxygens (including phenoxy) is 1. The van der Waals surface area contributed by atoms with Crippen LogP contribution < -0.4 is 11.1 Å². The van der Waals surface area contributed by atoms with E-state index in [0.29, 0.717) is 42.3 Å². The molecule has 0 radical (unpaired) electrons. The number of aromatic nitrogens is 1. The molecule has 0 bridgehead atoms. The topological polar surface area (TPSA) is 94.3 Å². The van der Waals surface area contributed by atoms with Gasteiger partial charge in [0.2, 0.25) is 0 Å². The molecule has 25 heavy (non-hydrogen) atoms. The van der Waals surface area contributed by atoms with Gasteiger partial charge in [-0.05, 0) is 32.4 Å². The maximum Gasteiger partial charge on any atom is 0.341 e. The molecule has 0 aromatic carbocycles. The minimum atomic E-state index is -0.406. The van der Waals surface area contributed by atoms with Crippen LogP contribution in [0.3, 0.4) is 0 Å². The second-order valence-electron chi connectivity index (χ2n) is 5.03. The van der Waals surface area contributed by atoms with Crippen LogP contribution in [0.5, 0.6) is 0 Å². The highest BCUT2D eigenvalue weighted by Crippen LogP contribution is 2.34. The summed E-state index contributed by atoms with van der Waals surface area (Å²) in [6.07, 6.45) is 1.34. The molecule has 0 fully saturated rings. The molecule has 0 atom stereocenters. The van der Waals surface area contributed by atoms with Crippen LogP contribution in [0.4, 0.5) is 5.00 Å². The number of nitrogens with one attached hydrogen (secondary N) is 1. The predicted molar refractivity (Wildman–Crippen MR) is 104 cm³/mol. The number of rotatable bonds is 7. The van der Waals surface area contributed by atoms with Crippen LogP contribution >= 0.6 is 35.1 Å². The summed E-state index contributed by atoms with van der Waals surface area (Å²) >= 11 is 2.79. The molecule has 6 nitrogen and oxygen atoms in total. The standard InChI is InChI=1S/C16H21N3O3S2.ClH/c1-4-10-9(3)24-15(13(10)16(21)22-5-2)19-14(20)11-8-23-12(18-11)6-7-17;/h8H,4-7,17H2,1-3H3,(H,19,20);1H. The van der Waals surface area contributed by atoms with Crippen LogP contribution in [0.1, 0.15) is 50.1 Å². The number of thiophene rings is 1. The van der Waals surface area contributed by atoms with Gasteiger partial charge in [0.05, 0.1) is 17.2 Å². The third-order valence-electron chi connectivity index (χ3n) is 3.41. The molecule has 2 heterocycles. The van der Waals surface area contributed by atoms with Crippen molar-refractivity contribution < 1.29 is 14.3 Å². The van der Waals surface area contributed by atoms with Crippen LogP contribution in [0, 0.1) is 6.92 Å². The van der Waals surface area contributed by atoms with Crippen LogP contribution in [-0.2, 0) is 17.6 Å². The lowest BCUT2D eigenvalue weighted by molar-refractivity contribution is 0.0527. The molecule has 0 saturated carbocycles. The Morgan fingerprint density at radius 2 is 2.08 bits per heavy atom. The van der Waals surface area contributed by atoms with Crippen LogP contribution in [-0.4, -0.2) is 30.0 Å². The molecule has 9 heteroatoms. The molecule has 0 spiro atoms. The summed E-state index contributed by atoms with van der Waals surface area (Å²) in [6.45, 7) is 6.45. The molecule has 0 saturated heterocycles. The van der Waals surface area contributed by atoms with Crippen molar-refractivity contribution in [2.75, 3.05) is 18.5 Å². The van der Waals surface area contributed by atoms with Crippen molar-refractivity contribution in [2.24, 2.45) is 5.73 Å². The highest BCUT2D eigenvalue weighted by atomic mass is 35.5. The predicted octanol–water partition coefficient (Wildman–Crippen LogP) is 3.43. The molecule has 2 aromatic rings. The molecule has 0 aliphatic carbocycles. The molecule has 1 amide bonds. The van der Waals surface area contributed by atoms with Gasteiger partial charge in [0, 0.05) is 16.7 Å². The fourth-order valence-corrected chi connectivity index (χ4v) is 4.25. The zero-order chi connectivity index (χ0) is 17.7. The highest BCUT2D eigenvalue weighted by molar-refractivity contribution is 7.17. The van der Waals surface area contributed by atoms with Crippen LogP contribution in [0.25, 0.3) is 0 Å². The third-order valence-corrected chi connectivity index (χ3v) is 5.38. The Bertz CT molecular complexity index is 743. The van der Waals surface area contributed by atoms with E-state index in [-0.39, 0.29) is 18.3 Å². The third kappa shape index (κ3) is 5.01. The number of hydrogen-bond donors (Lipinski definition) is 2. The van der Waals surface area contributed by atoms with Crippen LogP contribution in [0.2, 0.25) is 0 Å². The summed E-state index contributed by atoms with van der Waals surface area (Å²) in [4.78, 5) is 30.0. The Hall–Kier alpha value is -1.48. The van der Waals surface area contributed by atoms with Gasteiger partial charge in [-0.25, -0.2) is 9.78 Å². The molecule has 2 aromatic heterocycles. The van der Waals surface area contributed by atoms with Gasteiger partial charge in [-0.3, -0.25) is 4.79 Å². The van der Waals surface area contributed by atoms with E-state index in [0.717, 1.165) is 15.4 Å². The van der Waals surface area contributed by atoms with Crippen molar-refractivity contribution in [1.29, 1.82) is 0 Å². The number of aryl methyl sites for hydroxylation is 1. The molecule has 0 aliphatic heterocycles. The summed E-state index contributed by atoms with van der Waals surface area (Å²) < 4.78 is 5.14. The minimum Gasteiger partial charge on any atom is -0.462 e. The molecule has 2 rings (SSSR count). The van der Waals surface area contributed by atoms with Gasteiger partial charge in [-0.1, -0.05) is 6.92 Å². The van der Waals surface area contributed by atoms with Gasteiger partial charge in [-0.15, -0.1) is 35.1 Å². The lowest BCUT2D eigenvalue weighted by Gasteiger charge is -2.07. The Labute approximate surface area is 161 Å². The van der Waals surface area contributed by atoms with Gasteiger partial charge in [0.1, 0.15) is 10.7 Å². The Morgan fingerprint density at radius 1 is 1.36 bits per heavy atom. The van der Waals surface area contributed by atoms with Gasteiger partial charge in [0.15, 0.2) is 0 Å². The van der Waals surface area contributed by atoms with Crippen molar-refractivity contribution in [3.05, 3.63) is 32.1 Å². The number of thiazole rings is 1. The number of halogens is 1. The number of esters is 1. The van der Waals surface area contributed by atoms with E-state index < -0.39 is 5.97 Å². The number of anilines is 1. The number of nitrogens with two attached hydrogens (primary N) is 1. The van der Waals surface area contributed by atoms with E-state index in [1.165, 1.54) is 22.7 Å². The summed E-state index contributed by atoms with van der Waals surface area (Å²) in [5.41, 5.74) is 7.20. The zero-order valence-corrected chi connectivity index (χ0v) is 16.8. The fraction of sp³-hybridized carbons (Fsp3) is 0.438. The maximum atomic E-state index is 12.4. The maximum absolute atomic E-state index is 12.4. The number of carbonyl (C=O) groups excluding carboxylic acids is 2. The smallest absolute Gasteiger partial charge is 0.341 e. The molecular weight excluding hydrogens is 382 g/mol. The first-order valence-corrected chi connectivity index (χ1v) is 9.46. The zero-order valence-electron chi connectivity index (χ0n) is 14.4. The Morgan fingerprint density at radius 3 is 2.68 bits per heavy atom. The lowest BCUT2D eigenvalue weighted by Crippen LogP contribution is -2.15. The summed E-state index contributed by atoms with van der Waals surface area (Å²) in [7, 11) is 0. The summed E-state index contributed by atoms with van der Waals surface area (Å²) in [5, 5.41) is 5.85. The van der Waals surface area contributed by atoms with Gasteiger partial charge in [0.25, 0.3) is 5.91 Å². The molecule has 0 aliphatic rings. The van der Waals surface area contributed by atoms with E-state index in [1.807, 2.05) is 13.8 Å². The van der Waals surface area contributed by atoms with Gasteiger partial charge in [-0.2, -0.15) is 0 Å². The first-order chi connectivity index (χ1) is 11.5. The Kier molecular flexibility index (Phi) is 8.51. The number of carbonyl (C=O) groups is 2. The van der Waals surface area contributed by atoms with E-state index in [1.54, 1.807) is 12.3 Å². The monoisotopic (exact) mass is 403 g/mol. The summed E-state index contributed by atoms with van der Waals surface area (Å²) in [6, 6.07) is 0. The second kappa shape index (κ2) is 9.86. The van der Waals surface area contributed by atoms with Crippen LogP contribution in [0.15, 0.2) is 5.38 Å². The quantitative estimate of drug-likeness (QED) is 0.690. The highest BCUT2D eigenvalue weighted by Gasteiger charge is 2.24. The van der Waals surface area contributed by atoms with Gasteiger partial charge >= 0.3 is 5.97 Å². The van der Waals surface area contributed by atoms with E-state index in [2.05, 4.69) is 10.3 Å². The van der Waals surface area contributed by atoms with Crippen molar-refractivity contribution >= 4 is 52.0 Å². The molecule has 0 unspecified atom stereocenters. The molecule has 138 valence electrons. The average molecular weight is 404 g/mol. The normalized spacial score (nSPS) is 10.2. The van der Waals surface area contributed by atoms with Crippen molar-refractivity contribution in [3.63, 3.8) is 0 Å². The van der Waals surface area contributed by atoms with E-state index >= 15 is 0 Å². The van der Waals surface area contributed by atoms with E-state index in [9.17, 15) is 9.59 Å². The minimum absolute atomic E-state index is 0. The number of amides is 1. The summed E-state index contributed by atoms with van der Waals surface area (Å²) in [5.74, 6) is -0.736. The molecular formula is C16H22ClN3O3S2. The van der Waals surface area contributed by atoms with Gasteiger partial charge < -0.3 is 15.8 Å². The second-order valence-corrected chi connectivity index (χ2v) is 7.20. The van der Waals surface area contributed by atoms with Crippen molar-refractivity contribution in [1.82, 2.24) is 4.98 Å².